The molecule has 0 aliphatic heterocycles. The summed E-state index contributed by atoms with van der Waals surface area (Å²) in [5.74, 6) is 0.698. The average molecular weight is 414 g/mol. The summed E-state index contributed by atoms with van der Waals surface area (Å²) in [5, 5.41) is 37.3. The van der Waals surface area contributed by atoms with E-state index < -0.39 is 18.2 Å². The van der Waals surface area contributed by atoms with E-state index in [-0.39, 0.29) is 12.5 Å². The Bertz CT molecular complexity index is 993. The van der Waals surface area contributed by atoms with Crippen LogP contribution < -0.4 is 10.6 Å². The molecule has 4 atom stereocenters. The second-order valence-electron chi connectivity index (χ2n) is 7.65. The lowest BCUT2D eigenvalue weighted by Crippen LogP contribution is -2.35. The number of hydrogen-bond donors (Lipinski definition) is 5. The standard InChI is InChI=1S/C19H22N6O3S/c26-8-9-5-12(16(28)15(9)27)23-17-11(6-21-19(25-17)22-10-1-2-10)18-24-13-7-20-4-3-14(13)29-18/h3-4,6-7,9-10,12,15-16,26-28H,1-2,5,8H2,(H2,21,22,23,25)/t9-,12-,15-,16+/m1/s1. The number of pyridine rings is 1. The fourth-order valence-corrected chi connectivity index (χ4v) is 4.59. The molecular weight excluding hydrogens is 392 g/mol. The Kier molecular flexibility index (Phi) is 4.78. The summed E-state index contributed by atoms with van der Waals surface area (Å²) in [5.41, 5.74) is 1.52. The lowest BCUT2D eigenvalue weighted by atomic mass is 10.1. The SMILES string of the molecule is OC[C@H]1C[C@@H](Nc2nc(NC3CC3)ncc2-c2nc3cnccc3s2)[C@H](O)[C@@H]1O. The predicted octanol–water partition coefficient (Wildman–Crippen LogP) is 1.24. The first-order chi connectivity index (χ1) is 14.1. The molecule has 0 bridgehead atoms. The zero-order valence-electron chi connectivity index (χ0n) is 15.6. The zero-order chi connectivity index (χ0) is 20.0. The third-order valence-corrected chi connectivity index (χ3v) is 6.55. The van der Waals surface area contributed by atoms with Crippen molar-refractivity contribution in [2.45, 2.75) is 43.6 Å². The summed E-state index contributed by atoms with van der Waals surface area (Å²) in [4.78, 5) is 17.8. The number of thiazole rings is 1. The molecule has 2 aliphatic rings. The van der Waals surface area contributed by atoms with Crippen LogP contribution in [0.15, 0.2) is 24.7 Å². The molecule has 9 nitrogen and oxygen atoms in total. The Morgan fingerprint density at radius 1 is 1.10 bits per heavy atom. The smallest absolute Gasteiger partial charge is 0.224 e. The summed E-state index contributed by atoms with van der Waals surface area (Å²) in [7, 11) is 0. The first-order valence-electron chi connectivity index (χ1n) is 9.70. The Hall–Kier alpha value is -2.40. The third kappa shape index (κ3) is 3.64. The van der Waals surface area contributed by atoms with Crippen molar-refractivity contribution in [2.75, 3.05) is 17.2 Å². The molecular formula is C19H22N6O3S. The summed E-state index contributed by atoms with van der Waals surface area (Å²) in [6.07, 6.45) is 5.86. The van der Waals surface area contributed by atoms with Crippen LogP contribution in [0.4, 0.5) is 11.8 Å². The molecule has 3 heterocycles. The van der Waals surface area contributed by atoms with Gasteiger partial charge in [0.2, 0.25) is 5.95 Å². The van der Waals surface area contributed by atoms with Gasteiger partial charge in [0, 0.05) is 31.0 Å². The van der Waals surface area contributed by atoms with Crippen molar-refractivity contribution in [1.29, 1.82) is 0 Å². The van der Waals surface area contributed by atoms with Crippen LogP contribution in [0, 0.1) is 5.92 Å². The van der Waals surface area contributed by atoms with Gasteiger partial charge >= 0.3 is 0 Å². The normalized spacial score (nSPS) is 26.7. The van der Waals surface area contributed by atoms with Crippen LogP contribution >= 0.6 is 11.3 Å². The molecule has 0 radical (unpaired) electrons. The third-order valence-electron chi connectivity index (χ3n) is 5.48. The van der Waals surface area contributed by atoms with Crippen molar-refractivity contribution >= 4 is 33.3 Å². The van der Waals surface area contributed by atoms with Gasteiger partial charge in [-0.15, -0.1) is 11.3 Å². The van der Waals surface area contributed by atoms with E-state index in [4.69, 9.17) is 0 Å². The van der Waals surface area contributed by atoms with E-state index >= 15 is 0 Å². The van der Waals surface area contributed by atoms with Gasteiger partial charge in [0.05, 0.1) is 28.6 Å². The van der Waals surface area contributed by atoms with Crippen LogP contribution in [0.3, 0.4) is 0 Å². The fourth-order valence-electron chi connectivity index (χ4n) is 3.65. The minimum absolute atomic E-state index is 0.174. The van der Waals surface area contributed by atoms with Crippen LogP contribution in [0.25, 0.3) is 20.8 Å². The summed E-state index contributed by atoms with van der Waals surface area (Å²) in [6, 6.07) is 1.89. The number of aliphatic hydroxyl groups is 3. The van der Waals surface area contributed by atoms with Gasteiger partial charge in [0.25, 0.3) is 0 Å². The number of fused-ring (bicyclic) bond motifs is 1. The molecule has 0 aromatic carbocycles. The number of anilines is 2. The molecule has 0 saturated heterocycles. The molecule has 3 aromatic heterocycles. The number of rotatable bonds is 6. The van der Waals surface area contributed by atoms with Crippen molar-refractivity contribution in [2.24, 2.45) is 5.92 Å². The molecule has 0 amide bonds. The number of nitrogens with one attached hydrogen (secondary N) is 2. The van der Waals surface area contributed by atoms with E-state index in [0.717, 1.165) is 33.6 Å². The van der Waals surface area contributed by atoms with E-state index in [1.807, 2.05) is 6.07 Å². The van der Waals surface area contributed by atoms with Gasteiger partial charge in [-0.05, 0) is 25.3 Å². The van der Waals surface area contributed by atoms with Gasteiger partial charge in [-0.1, -0.05) is 0 Å². The molecule has 3 aromatic rings. The molecule has 2 saturated carbocycles. The molecule has 0 spiro atoms. The minimum Gasteiger partial charge on any atom is -0.396 e. The van der Waals surface area contributed by atoms with Crippen molar-refractivity contribution < 1.29 is 15.3 Å². The predicted molar refractivity (Wildman–Crippen MR) is 110 cm³/mol. The maximum Gasteiger partial charge on any atom is 0.224 e. The molecule has 29 heavy (non-hydrogen) atoms. The number of hydrogen-bond acceptors (Lipinski definition) is 10. The van der Waals surface area contributed by atoms with Crippen LogP contribution in [-0.4, -0.2) is 66.2 Å². The van der Waals surface area contributed by atoms with E-state index in [1.54, 1.807) is 18.6 Å². The highest BCUT2D eigenvalue weighted by Gasteiger charge is 2.41. The highest BCUT2D eigenvalue weighted by atomic mass is 32.1. The van der Waals surface area contributed by atoms with Crippen LogP contribution in [-0.2, 0) is 0 Å². The largest absolute Gasteiger partial charge is 0.396 e. The van der Waals surface area contributed by atoms with Crippen molar-refractivity contribution in [3.8, 4) is 10.6 Å². The van der Waals surface area contributed by atoms with Gasteiger partial charge in [0.15, 0.2) is 0 Å². The fraction of sp³-hybridized carbons (Fsp3) is 0.474. The Morgan fingerprint density at radius 2 is 1.97 bits per heavy atom. The lowest BCUT2D eigenvalue weighted by molar-refractivity contribution is 0.00446. The summed E-state index contributed by atoms with van der Waals surface area (Å²) >= 11 is 1.52. The maximum atomic E-state index is 10.4. The number of aromatic nitrogens is 4. The quantitative estimate of drug-likeness (QED) is 0.403. The molecule has 0 unspecified atom stereocenters. The Labute approximate surface area is 170 Å². The van der Waals surface area contributed by atoms with E-state index in [0.29, 0.717) is 24.2 Å². The van der Waals surface area contributed by atoms with E-state index in [2.05, 4.69) is 30.6 Å². The first kappa shape index (κ1) is 18.6. The van der Waals surface area contributed by atoms with Crippen LogP contribution in [0.1, 0.15) is 19.3 Å². The monoisotopic (exact) mass is 414 g/mol. The van der Waals surface area contributed by atoms with Gasteiger partial charge in [0.1, 0.15) is 22.4 Å². The van der Waals surface area contributed by atoms with Crippen molar-refractivity contribution in [3.05, 3.63) is 24.7 Å². The number of nitrogens with zero attached hydrogens (tertiary/aromatic N) is 4. The highest BCUT2D eigenvalue weighted by Crippen LogP contribution is 2.36. The average Bonchev–Trinajstić information content (AvgIpc) is 3.37. The van der Waals surface area contributed by atoms with Crippen LogP contribution in [0.2, 0.25) is 0 Å². The van der Waals surface area contributed by atoms with Crippen LogP contribution in [0.5, 0.6) is 0 Å². The van der Waals surface area contributed by atoms with Gasteiger partial charge in [-0.25, -0.2) is 9.97 Å². The van der Waals surface area contributed by atoms with E-state index in [1.165, 1.54) is 11.3 Å². The number of aliphatic hydroxyl groups excluding tert-OH is 3. The lowest BCUT2D eigenvalue weighted by Gasteiger charge is -2.20. The van der Waals surface area contributed by atoms with E-state index in [9.17, 15) is 15.3 Å². The molecule has 10 heteroatoms. The summed E-state index contributed by atoms with van der Waals surface area (Å²) < 4.78 is 1.01. The molecule has 152 valence electrons. The maximum absolute atomic E-state index is 10.4. The van der Waals surface area contributed by atoms with Crippen molar-refractivity contribution in [1.82, 2.24) is 19.9 Å². The first-order valence-corrected chi connectivity index (χ1v) is 10.5. The topological polar surface area (TPSA) is 136 Å². The van der Waals surface area contributed by atoms with Crippen molar-refractivity contribution in [3.63, 3.8) is 0 Å². The zero-order valence-corrected chi connectivity index (χ0v) is 16.4. The molecule has 5 N–H and O–H groups in total. The minimum atomic E-state index is -0.991. The van der Waals surface area contributed by atoms with Gasteiger partial charge in [-0.2, -0.15) is 4.98 Å². The second kappa shape index (κ2) is 7.45. The van der Waals surface area contributed by atoms with Gasteiger partial charge < -0.3 is 26.0 Å². The second-order valence-corrected chi connectivity index (χ2v) is 8.68. The molecule has 5 rings (SSSR count). The highest BCUT2D eigenvalue weighted by molar-refractivity contribution is 7.21. The Morgan fingerprint density at radius 3 is 2.69 bits per heavy atom. The Balaban J connectivity index is 1.50. The van der Waals surface area contributed by atoms with Gasteiger partial charge in [-0.3, -0.25) is 4.98 Å². The molecule has 2 fully saturated rings. The molecule has 2 aliphatic carbocycles. The summed E-state index contributed by atoms with van der Waals surface area (Å²) in [6.45, 7) is -0.174.